The Labute approximate surface area is 372 Å². The van der Waals surface area contributed by atoms with Gasteiger partial charge in [0.15, 0.2) is 0 Å². The molecule has 8 aromatic carbocycles. The lowest BCUT2D eigenvalue weighted by Crippen LogP contribution is -2.57. The lowest BCUT2D eigenvalue weighted by atomic mass is 9.44. The van der Waals surface area contributed by atoms with Crippen LogP contribution in [0.1, 0.15) is 103 Å². The molecule has 2 nitrogen and oxygen atoms in total. The summed E-state index contributed by atoms with van der Waals surface area (Å²) in [5.74, 6) is 0. The summed E-state index contributed by atoms with van der Waals surface area (Å²) in [6, 6.07) is 54.9. The minimum atomic E-state index is -0.148. The molecule has 0 saturated carbocycles. The van der Waals surface area contributed by atoms with Crippen molar-refractivity contribution < 1.29 is 0 Å². The Bertz CT molecular complexity index is 3540. The number of benzene rings is 8. The Hall–Kier alpha value is -6.32. The third-order valence-corrected chi connectivity index (χ3v) is 15.8. The lowest BCUT2D eigenvalue weighted by Gasteiger charge is -2.42. The van der Waals surface area contributed by atoms with Crippen molar-refractivity contribution in [2.45, 2.75) is 90.9 Å². The highest BCUT2D eigenvalue weighted by molar-refractivity contribution is 6.90. The van der Waals surface area contributed by atoms with Gasteiger partial charge in [0.25, 0.3) is 0 Å². The van der Waals surface area contributed by atoms with Crippen molar-refractivity contribution in [3.05, 3.63) is 173 Å². The minimum absolute atomic E-state index is 0.0181. The first kappa shape index (κ1) is 37.3. The predicted molar refractivity (Wildman–Crippen MR) is 270 cm³/mol. The zero-order valence-electron chi connectivity index (χ0n) is 38.3. The Morgan fingerprint density at radius 2 is 1.08 bits per heavy atom. The molecule has 1 aromatic heterocycles. The standard InChI is InChI=1S/C60H53BN2/c1-57(2,3)35-23-26-51-43(28-35)44-29-36(58(4,5)6)30-45-54-38-18-12-11-17-34(38)27-53-55(54)61(63(51)56(44)45)50-33-49-42(40-20-14-16-22-47(40)60(49,9)10)32-52(50)62(53)37-24-25-48-41(31-37)39-19-13-15-21-46(39)59(48,7)8/h11-33H,1-10H3. The number of hydrogen-bond donors (Lipinski definition) is 0. The van der Waals surface area contributed by atoms with Gasteiger partial charge in [-0.15, -0.1) is 0 Å². The first-order chi connectivity index (χ1) is 30.0. The monoisotopic (exact) mass is 812 g/mol. The molecule has 306 valence electrons. The molecule has 4 aliphatic rings. The molecule has 3 heterocycles. The fourth-order valence-electron chi connectivity index (χ4n) is 12.5. The second-order valence-electron chi connectivity index (χ2n) is 22.2. The summed E-state index contributed by atoms with van der Waals surface area (Å²) in [5, 5.41) is 5.30. The maximum Gasteiger partial charge on any atom is 0.333 e. The molecule has 3 heteroatoms. The molecule has 0 bridgehead atoms. The SMILES string of the molecule is CC(C)(C)c1ccc2c(c1)c1cc(C(C)(C)C)cc3c1n2B1c2cc4c(cc2N(c2ccc5c(c2)-c2ccccc2C5(C)C)c2cc5ccccc5c-3c21)-c1ccccc1C4(C)C. The Kier molecular flexibility index (Phi) is 6.99. The van der Waals surface area contributed by atoms with Crippen LogP contribution in [-0.2, 0) is 21.7 Å². The van der Waals surface area contributed by atoms with Crippen molar-refractivity contribution >= 4 is 67.4 Å². The summed E-state index contributed by atoms with van der Waals surface area (Å²) in [6.45, 7) is 23.7. The molecule has 13 rings (SSSR count). The van der Waals surface area contributed by atoms with Crippen LogP contribution in [0.15, 0.2) is 140 Å². The van der Waals surface area contributed by atoms with E-state index in [1.54, 1.807) is 0 Å². The van der Waals surface area contributed by atoms with Crippen LogP contribution in [0.3, 0.4) is 0 Å². The van der Waals surface area contributed by atoms with Gasteiger partial charge in [-0.05, 0) is 142 Å². The van der Waals surface area contributed by atoms with Crippen molar-refractivity contribution in [3.8, 4) is 33.4 Å². The zero-order chi connectivity index (χ0) is 43.3. The summed E-state index contributed by atoms with van der Waals surface area (Å²) in [7, 11) is 0. The van der Waals surface area contributed by atoms with Crippen LogP contribution in [0, 0.1) is 0 Å². The number of anilines is 3. The summed E-state index contributed by atoms with van der Waals surface area (Å²) >= 11 is 0. The van der Waals surface area contributed by atoms with E-state index in [9.17, 15) is 0 Å². The number of hydrogen-bond acceptors (Lipinski definition) is 1. The maximum atomic E-state index is 2.76. The molecular weight excluding hydrogens is 759 g/mol. The van der Waals surface area contributed by atoms with Gasteiger partial charge in [-0.1, -0.05) is 160 Å². The Balaban J connectivity index is 1.21. The van der Waals surface area contributed by atoms with Crippen LogP contribution in [-0.4, -0.2) is 11.3 Å². The summed E-state index contributed by atoms with van der Waals surface area (Å²) in [6.07, 6.45) is 0. The van der Waals surface area contributed by atoms with Crippen molar-refractivity contribution in [2.75, 3.05) is 4.90 Å². The third-order valence-electron chi connectivity index (χ3n) is 15.8. The molecule has 0 unspecified atom stereocenters. The van der Waals surface area contributed by atoms with Gasteiger partial charge < -0.3 is 9.38 Å². The van der Waals surface area contributed by atoms with Gasteiger partial charge in [-0.3, -0.25) is 0 Å². The smallest absolute Gasteiger partial charge is 0.333 e. The fraction of sp³-hybridized carbons (Fsp3) is 0.233. The van der Waals surface area contributed by atoms with E-state index < -0.39 is 0 Å². The van der Waals surface area contributed by atoms with Gasteiger partial charge in [0.2, 0.25) is 0 Å². The predicted octanol–water partition coefficient (Wildman–Crippen LogP) is 14.6. The van der Waals surface area contributed by atoms with Crippen LogP contribution in [0.2, 0.25) is 0 Å². The zero-order valence-corrected chi connectivity index (χ0v) is 38.3. The van der Waals surface area contributed by atoms with E-state index in [4.69, 9.17) is 0 Å². The molecule has 9 aromatic rings. The highest BCUT2D eigenvalue weighted by Crippen LogP contribution is 2.55. The number of nitrogens with zero attached hydrogens (tertiary/aromatic N) is 2. The Morgan fingerprint density at radius 3 is 1.79 bits per heavy atom. The number of fused-ring (bicyclic) bond motifs is 15. The highest BCUT2D eigenvalue weighted by atomic mass is 15.2. The summed E-state index contributed by atoms with van der Waals surface area (Å²) in [4.78, 5) is 2.65. The summed E-state index contributed by atoms with van der Waals surface area (Å²) < 4.78 is 2.76. The van der Waals surface area contributed by atoms with E-state index in [0.717, 1.165) is 0 Å². The van der Waals surface area contributed by atoms with Crippen molar-refractivity contribution in [1.29, 1.82) is 0 Å². The van der Waals surface area contributed by atoms with E-state index in [2.05, 4.69) is 218 Å². The second kappa shape index (κ2) is 11.8. The van der Waals surface area contributed by atoms with E-state index in [1.165, 1.54) is 127 Å². The van der Waals surface area contributed by atoms with Gasteiger partial charge in [-0.25, -0.2) is 0 Å². The molecule has 63 heavy (non-hydrogen) atoms. The molecule has 0 N–H and O–H groups in total. The van der Waals surface area contributed by atoms with Crippen molar-refractivity contribution in [2.24, 2.45) is 0 Å². The molecule has 0 fully saturated rings. The van der Waals surface area contributed by atoms with E-state index in [1.807, 2.05) is 0 Å². The molecule has 2 aliphatic carbocycles. The molecular formula is C60H53BN2. The Morgan fingerprint density at radius 1 is 0.460 bits per heavy atom. The van der Waals surface area contributed by atoms with Crippen molar-refractivity contribution in [1.82, 2.24) is 4.48 Å². The van der Waals surface area contributed by atoms with Crippen LogP contribution in [0.5, 0.6) is 0 Å². The van der Waals surface area contributed by atoms with Crippen LogP contribution in [0.4, 0.5) is 17.1 Å². The molecule has 0 atom stereocenters. The molecule has 0 saturated heterocycles. The van der Waals surface area contributed by atoms with E-state index in [0.29, 0.717) is 0 Å². The number of aromatic nitrogens is 1. The highest BCUT2D eigenvalue weighted by Gasteiger charge is 2.47. The third kappa shape index (κ3) is 4.71. The number of rotatable bonds is 1. The topological polar surface area (TPSA) is 8.17 Å². The lowest BCUT2D eigenvalue weighted by molar-refractivity contribution is 0.590. The molecule has 2 aliphatic heterocycles. The first-order valence-electron chi connectivity index (χ1n) is 23.0. The average Bonchev–Trinajstić information content (AvgIpc) is 3.80. The van der Waals surface area contributed by atoms with Gasteiger partial charge in [0.05, 0.1) is 0 Å². The summed E-state index contributed by atoms with van der Waals surface area (Å²) in [5.41, 5.74) is 25.4. The van der Waals surface area contributed by atoms with Crippen LogP contribution < -0.4 is 15.8 Å². The van der Waals surface area contributed by atoms with Gasteiger partial charge in [0.1, 0.15) is 0 Å². The van der Waals surface area contributed by atoms with Gasteiger partial charge >= 0.3 is 6.85 Å². The second-order valence-corrected chi connectivity index (χ2v) is 22.2. The van der Waals surface area contributed by atoms with Crippen LogP contribution >= 0.6 is 0 Å². The molecule has 0 radical (unpaired) electrons. The minimum Gasteiger partial charge on any atom is -0.375 e. The fourth-order valence-corrected chi connectivity index (χ4v) is 12.5. The normalized spacial score (nSPS) is 16.0. The largest absolute Gasteiger partial charge is 0.375 e. The van der Waals surface area contributed by atoms with E-state index >= 15 is 0 Å². The van der Waals surface area contributed by atoms with Gasteiger partial charge in [-0.2, -0.15) is 0 Å². The van der Waals surface area contributed by atoms with E-state index in [-0.39, 0.29) is 28.5 Å². The molecule has 0 amide bonds. The van der Waals surface area contributed by atoms with Crippen LogP contribution in [0.25, 0.3) is 66.0 Å². The maximum absolute atomic E-state index is 2.76. The molecule has 0 spiro atoms. The van der Waals surface area contributed by atoms with Gasteiger partial charge in [0, 0.05) is 55.3 Å². The first-order valence-corrected chi connectivity index (χ1v) is 23.0. The van der Waals surface area contributed by atoms with Crippen molar-refractivity contribution in [3.63, 3.8) is 0 Å². The average molecular weight is 813 g/mol. The quantitative estimate of drug-likeness (QED) is 0.150.